The summed E-state index contributed by atoms with van der Waals surface area (Å²) in [4.78, 5) is 12.3. The largest absolute Gasteiger partial charge is 0.491 e. The van der Waals surface area contributed by atoms with Crippen molar-refractivity contribution in [1.29, 1.82) is 5.26 Å². The van der Waals surface area contributed by atoms with Crippen LogP contribution in [0, 0.1) is 17.2 Å². The molecular weight excluding hydrogens is 306 g/mol. The van der Waals surface area contributed by atoms with E-state index in [1.165, 1.54) is 12.4 Å². The van der Waals surface area contributed by atoms with Gasteiger partial charge in [0.15, 0.2) is 5.69 Å². The van der Waals surface area contributed by atoms with Gasteiger partial charge in [0, 0.05) is 6.07 Å². The van der Waals surface area contributed by atoms with Crippen molar-refractivity contribution in [2.24, 2.45) is 5.92 Å². The molecule has 8 heteroatoms. The summed E-state index contributed by atoms with van der Waals surface area (Å²) in [6, 6.07) is 3.67. The minimum atomic E-state index is 0.261. The number of piperidine rings is 1. The maximum absolute atomic E-state index is 8.73. The molecule has 3 heterocycles. The Balaban J connectivity index is 1.65. The second-order valence-corrected chi connectivity index (χ2v) is 5.64. The molecule has 0 spiro atoms. The van der Waals surface area contributed by atoms with Gasteiger partial charge in [0.1, 0.15) is 23.5 Å². The second kappa shape index (κ2) is 7.57. The zero-order valence-corrected chi connectivity index (χ0v) is 13.2. The quantitative estimate of drug-likeness (QED) is 0.755. The molecule has 0 amide bonds. The molecule has 1 aliphatic rings. The first-order chi connectivity index (χ1) is 11.7. The van der Waals surface area contributed by atoms with Crippen molar-refractivity contribution in [2.45, 2.75) is 12.8 Å². The van der Waals surface area contributed by atoms with Crippen LogP contribution in [-0.2, 0) is 0 Å². The molecule has 0 radical (unpaired) electrons. The number of nitrogens with zero attached hydrogens (tertiary/aromatic N) is 4. The van der Waals surface area contributed by atoms with Gasteiger partial charge >= 0.3 is 0 Å². The van der Waals surface area contributed by atoms with Crippen LogP contribution in [0.3, 0.4) is 0 Å². The second-order valence-electron chi connectivity index (χ2n) is 5.64. The average molecular weight is 325 g/mol. The predicted octanol–water partition coefficient (Wildman–Crippen LogP) is 1.45. The van der Waals surface area contributed by atoms with E-state index in [4.69, 9.17) is 15.7 Å². The fourth-order valence-corrected chi connectivity index (χ4v) is 2.48. The van der Waals surface area contributed by atoms with Gasteiger partial charge in [-0.2, -0.15) is 5.26 Å². The lowest BCUT2D eigenvalue weighted by Gasteiger charge is -2.23. The highest BCUT2D eigenvalue weighted by Gasteiger charge is 2.14. The Hall–Kier alpha value is -2.92. The van der Waals surface area contributed by atoms with Gasteiger partial charge in [0.2, 0.25) is 0 Å². The molecule has 1 fully saturated rings. The minimum absolute atomic E-state index is 0.261. The molecule has 2 aromatic heterocycles. The van der Waals surface area contributed by atoms with Crippen LogP contribution < -0.4 is 21.1 Å². The van der Waals surface area contributed by atoms with E-state index < -0.39 is 0 Å². The van der Waals surface area contributed by atoms with Crippen molar-refractivity contribution in [2.75, 3.05) is 30.7 Å². The molecule has 0 atom stereocenters. The van der Waals surface area contributed by atoms with Gasteiger partial charge in [0.25, 0.3) is 0 Å². The summed E-state index contributed by atoms with van der Waals surface area (Å²) >= 11 is 0. The Morgan fingerprint density at radius 3 is 2.71 bits per heavy atom. The first kappa shape index (κ1) is 16.0. The van der Waals surface area contributed by atoms with Crippen molar-refractivity contribution in [3.63, 3.8) is 0 Å². The third-order valence-corrected chi connectivity index (χ3v) is 3.85. The Labute approximate surface area is 140 Å². The lowest BCUT2D eigenvalue weighted by molar-refractivity contribution is 0.216. The van der Waals surface area contributed by atoms with E-state index in [1.807, 2.05) is 6.07 Å². The molecule has 0 saturated carbocycles. The van der Waals surface area contributed by atoms with E-state index >= 15 is 0 Å². The molecule has 1 aliphatic heterocycles. The third-order valence-electron chi connectivity index (χ3n) is 3.85. The van der Waals surface area contributed by atoms with E-state index in [-0.39, 0.29) is 5.69 Å². The molecule has 1 saturated heterocycles. The minimum Gasteiger partial charge on any atom is -0.491 e. The molecule has 124 valence electrons. The maximum atomic E-state index is 8.73. The molecule has 0 unspecified atom stereocenters. The van der Waals surface area contributed by atoms with Gasteiger partial charge in [-0.1, -0.05) is 0 Å². The van der Waals surface area contributed by atoms with Gasteiger partial charge in [-0.05, 0) is 31.8 Å². The summed E-state index contributed by atoms with van der Waals surface area (Å²) in [5.74, 6) is 2.20. The van der Waals surface area contributed by atoms with E-state index in [0.29, 0.717) is 35.6 Å². The zero-order valence-electron chi connectivity index (χ0n) is 13.2. The third kappa shape index (κ3) is 4.08. The predicted molar refractivity (Wildman–Crippen MR) is 89.8 cm³/mol. The number of aromatic nitrogens is 3. The standard InChI is InChI=1S/C16H19N7O/c17-6-12-7-21-16(9-20-12)23-15-5-14(13(18)8-22-15)24-10-11-1-3-19-4-2-11/h5,7-9,11,19H,1-4,10,18H2,(H,21,22,23). The highest BCUT2D eigenvalue weighted by atomic mass is 16.5. The van der Waals surface area contributed by atoms with Gasteiger partial charge in [-0.15, -0.1) is 0 Å². The Kier molecular flexibility index (Phi) is 5.03. The topological polar surface area (TPSA) is 122 Å². The van der Waals surface area contributed by atoms with Crippen molar-refractivity contribution in [3.8, 4) is 11.8 Å². The van der Waals surface area contributed by atoms with Gasteiger partial charge < -0.3 is 21.1 Å². The Bertz CT molecular complexity index is 720. The van der Waals surface area contributed by atoms with Gasteiger partial charge in [0.05, 0.1) is 30.9 Å². The van der Waals surface area contributed by atoms with Gasteiger partial charge in [-0.3, -0.25) is 0 Å². The van der Waals surface area contributed by atoms with Crippen LogP contribution >= 0.6 is 0 Å². The van der Waals surface area contributed by atoms with Crippen LogP contribution in [0.15, 0.2) is 24.7 Å². The van der Waals surface area contributed by atoms with E-state index in [9.17, 15) is 0 Å². The molecule has 4 N–H and O–H groups in total. The van der Waals surface area contributed by atoms with Crippen LogP contribution in [0.5, 0.6) is 5.75 Å². The number of nitrogens with one attached hydrogen (secondary N) is 2. The number of ether oxygens (including phenoxy) is 1. The molecule has 3 rings (SSSR count). The number of pyridine rings is 1. The summed E-state index contributed by atoms with van der Waals surface area (Å²) in [5, 5.41) is 15.1. The molecule has 0 bridgehead atoms. The number of hydrogen-bond acceptors (Lipinski definition) is 8. The maximum Gasteiger partial charge on any atom is 0.158 e. The summed E-state index contributed by atoms with van der Waals surface area (Å²) in [6.45, 7) is 2.71. The fraction of sp³-hybridized carbons (Fsp3) is 0.375. The Morgan fingerprint density at radius 2 is 2.00 bits per heavy atom. The smallest absolute Gasteiger partial charge is 0.158 e. The molecule has 0 aliphatic carbocycles. The highest BCUT2D eigenvalue weighted by molar-refractivity contribution is 5.60. The fourth-order valence-electron chi connectivity index (χ4n) is 2.48. The first-order valence-electron chi connectivity index (χ1n) is 7.83. The van der Waals surface area contributed by atoms with Crippen molar-refractivity contribution in [3.05, 3.63) is 30.4 Å². The zero-order chi connectivity index (χ0) is 16.8. The van der Waals surface area contributed by atoms with E-state index in [2.05, 4.69) is 25.6 Å². The number of nitriles is 1. The van der Waals surface area contributed by atoms with Gasteiger partial charge in [-0.25, -0.2) is 15.0 Å². The monoisotopic (exact) mass is 325 g/mol. The summed E-state index contributed by atoms with van der Waals surface area (Å²) < 4.78 is 5.88. The average Bonchev–Trinajstić information content (AvgIpc) is 2.63. The number of nitrogen functional groups attached to an aromatic ring is 1. The van der Waals surface area contributed by atoms with Crippen molar-refractivity contribution < 1.29 is 4.74 Å². The van der Waals surface area contributed by atoms with Crippen LogP contribution in [0.25, 0.3) is 0 Å². The normalized spacial score (nSPS) is 14.8. The van der Waals surface area contributed by atoms with Crippen LogP contribution in [0.2, 0.25) is 0 Å². The van der Waals surface area contributed by atoms with Crippen molar-refractivity contribution >= 4 is 17.3 Å². The highest BCUT2D eigenvalue weighted by Crippen LogP contribution is 2.26. The number of anilines is 3. The van der Waals surface area contributed by atoms with Crippen molar-refractivity contribution in [1.82, 2.24) is 20.3 Å². The summed E-state index contributed by atoms with van der Waals surface area (Å²) in [5.41, 5.74) is 6.71. The van der Waals surface area contributed by atoms with Crippen LogP contribution in [-0.4, -0.2) is 34.6 Å². The summed E-state index contributed by atoms with van der Waals surface area (Å²) in [7, 11) is 0. The number of hydrogen-bond donors (Lipinski definition) is 3. The van der Waals surface area contributed by atoms with Crippen LogP contribution in [0.4, 0.5) is 17.3 Å². The van der Waals surface area contributed by atoms with E-state index in [0.717, 1.165) is 25.9 Å². The lowest BCUT2D eigenvalue weighted by atomic mass is 9.99. The molecule has 24 heavy (non-hydrogen) atoms. The van der Waals surface area contributed by atoms with Crippen LogP contribution in [0.1, 0.15) is 18.5 Å². The number of rotatable bonds is 5. The summed E-state index contributed by atoms with van der Waals surface area (Å²) in [6.07, 6.45) is 6.64. The SMILES string of the molecule is N#Cc1cnc(Nc2cc(OCC3CCNCC3)c(N)cn2)cn1. The lowest BCUT2D eigenvalue weighted by Crippen LogP contribution is -2.30. The molecular formula is C16H19N7O. The first-order valence-corrected chi connectivity index (χ1v) is 7.83. The molecule has 8 nitrogen and oxygen atoms in total. The Morgan fingerprint density at radius 1 is 1.21 bits per heavy atom. The number of nitrogens with two attached hydrogens (primary N) is 1. The molecule has 0 aromatic carbocycles. The van der Waals surface area contributed by atoms with E-state index in [1.54, 1.807) is 12.3 Å². The molecule has 2 aromatic rings.